The molecule has 0 nitrogen and oxygen atoms in total. The summed E-state index contributed by atoms with van der Waals surface area (Å²) in [6, 6.07) is 14.0. The lowest BCUT2D eigenvalue weighted by Crippen LogP contribution is -1.99. The molecule has 0 aliphatic heterocycles. The summed E-state index contributed by atoms with van der Waals surface area (Å²) in [4.78, 5) is 0. The molecule has 1 aliphatic carbocycles. The number of fused-ring (bicyclic) bond motifs is 1. The minimum absolute atomic E-state index is 0.152. The highest BCUT2D eigenvalue weighted by Crippen LogP contribution is 2.30. The van der Waals surface area contributed by atoms with Gasteiger partial charge in [0.25, 0.3) is 0 Å². The Hall–Kier alpha value is -1.89. The second-order valence-corrected chi connectivity index (χ2v) is 5.81. The van der Waals surface area contributed by atoms with Gasteiger partial charge in [0.05, 0.1) is 0 Å². The number of unbranched alkanes of at least 4 members (excludes halogenated alkanes) is 1. The molecule has 0 saturated heterocycles. The summed E-state index contributed by atoms with van der Waals surface area (Å²) in [5.74, 6) is -0.152. The molecule has 0 amide bonds. The average molecular weight is 280 g/mol. The van der Waals surface area contributed by atoms with Crippen molar-refractivity contribution in [3.8, 4) is 0 Å². The standard InChI is InChI=1S/C20H21F/c1-2-3-4-15-5-7-16(8-6-15)18-10-9-17-11-12-20(21)14-19(17)13-18/h5-8,11-14H,2-4,9-10H2,1H3. The molecule has 0 radical (unpaired) electrons. The van der Waals surface area contributed by atoms with Crippen molar-refractivity contribution in [3.05, 3.63) is 70.5 Å². The summed E-state index contributed by atoms with van der Waals surface area (Å²) >= 11 is 0. The van der Waals surface area contributed by atoms with Crippen LogP contribution in [0, 0.1) is 5.82 Å². The third kappa shape index (κ3) is 3.24. The van der Waals surface area contributed by atoms with Gasteiger partial charge in [-0.15, -0.1) is 0 Å². The molecule has 0 spiro atoms. The van der Waals surface area contributed by atoms with Crippen LogP contribution in [-0.2, 0) is 12.8 Å². The molecule has 0 bridgehead atoms. The van der Waals surface area contributed by atoms with Crippen molar-refractivity contribution in [1.82, 2.24) is 0 Å². The number of benzene rings is 2. The molecule has 108 valence electrons. The highest BCUT2D eigenvalue weighted by Gasteiger charge is 2.12. The van der Waals surface area contributed by atoms with Crippen LogP contribution in [0.5, 0.6) is 0 Å². The fourth-order valence-corrected chi connectivity index (χ4v) is 2.95. The fraction of sp³-hybridized carbons (Fsp3) is 0.300. The zero-order valence-corrected chi connectivity index (χ0v) is 12.5. The van der Waals surface area contributed by atoms with Crippen LogP contribution in [-0.4, -0.2) is 0 Å². The first-order valence-electron chi connectivity index (χ1n) is 7.84. The summed E-state index contributed by atoms with van der Waals surface area (Å²) in [5.41, 5.74) is 6.27. The minimum atomic E-state index is -0.152. The smallest absolute Gasteiger partial charge is 0.123 e. The first kappa shape index (κ1) is 14.1. The van der Waals surface area contributed by atoms with Gasteiger partial charge in [-0.25, -0.2) is 4.39 Å². The van der Waals surface area contributed by atoms with Crippen LogP contribution in [0.3, 0.4) is 0 Å². The highest BCUT2D eigenvalue weighted by molar-refractivity contribution is 5.84. The summed E-state index contributed by atoms with van der Waals surface area (Å²) in [5, 5.41) is 0. The maximum absolute atomic E-state index is 13.4. The van der Waals surface area contributed by atoms with Crippen LogP contribution in [0.1, 0.15) is 48.4 Å². The molecule has 0 fully saturated rings. The Morgan fingerprint density at radius 1 is 1.00 bits per heavy atom. The lowest BCUT2D eigenvalue weighted by Gasteiger charge is -2.17. The quantitative estimate of drug-likeness (QED) is 0.678. The average Bonchev–Trinajstić information content (AvgIpc) is 2.52. The van der Waals surface area contributed by atoms with Gasteiger partial charge in [-0.2, -0.15) is 0 Å². The Morgan fingerprint density at radius 2 is 1.81 bits per heavy atom. The van der Waals surface area contributed by atoms with Gasteiger partial charge in [-0.05, 0) is 65.6 Å². The maximum atomic E-state index is 13.4. The Balaban J connectivity index is 1.84. The van der Waals surface area contributed by atoms with E-state index in [9.17, 15) is 4.39 Å². The van der Waals surface area contributed by atoms with Crippen molar-refractivity contribution in [2.75, 3.05) is 0 Å². The third-order valence-corrected chi connectivity index (χ3v) is 4.25. The van der Waals surface area contributed by atoms with E-state index in [1.165, 1.54) is 35.1 Å². The molecular formula is C20H21F. The van der Waals surface area contributed by atoms with E-state index in [0.717, 1.165) is 24.8 Å². The number of hydrogen-bond donors (Lipinski definition) is 0. The zero-order valence-electron chi connectivity index (χ0n) is 12.5. The molecule has 0 unspecified atom stereocenters. The molecular weight excluding hydrogens is 259 g/mol. The second kappa shape index (κ2) is 6.26. The van der Waals surface area contributed by atoms with Crippen LogP contribution < -0.4 is 0 Å². The Bertz CT molecular complexity index is 650. The maximum Gasteiger partial charge on any atom is 0.123 e. The normalized spacial score (nSPS) is 13.7. The Labute approximate surface area is 126 Å². The van der Waals surface area contributed by atoms with E-state index < -0.39 is 0 Å². The minimum Gasteiger partial charge on any atom is -0.207 e. The van der Waals surface area contributed by atoms with E-state index in [1.807, 2.05) is 6.07 Å². The SMILES string of the molecule is CCCCc1ccc(C2=Cc3cc(F)ccc3CC2)cc1. The van der Waals surface area contributed by atoms with Crippen molar-refractivity contribution < 1.29 is 4.39 Å². The number of aryl methyl sites for hydroxylation is 2. The summed E-state index contributed by atoms with van der Waals surface area (Å²) < 4.78 is 13.4. The topological polar surface area (TPSA) is 0 Å². The third-order valence-electron chi connectivity index (χ3n) is 4.25. The largest absolute Gasteiger partial charge is 0.207 e. The highest BCUT2D eigenvalue weighted by atomic mass is 19.1. The number of hydrogen-bond acceptors (Lipinski definition) is 0. The van der Waals surface area contributed by atoms with Gasteiger partial charge in [-0.1, -0.05) is 49.8 Å². The van der Waals surface area contributed by atoms with Crippen LogP contribution in [0.15, 0.2) is 42.5 Å². The van der Waals surface area contributed by atoms with Crippen molar-refractivity contribution >= 4 is 11.6 Å². The van der Waals surface area contributed by atoms with Gasteiger partial charge >= 0.3 is 0 Å². The van der Waals surface area contributed by atoms with Crippen LogP contribution in [0.4, 0.5) is 4.39 Å². The summed E-state index contributed by atoms with van der Waals surface area (Å²) in [6.45, 7) is 2.22. The monoisotopic (exact) mass is 280 g/mol. The summed E-state index contributed by atoms with van der Waals surface area (Å²) in [7, 11) is 0. The molecule has 0 aromatic heterocycles. The molecule has 1 aliphatic rings. The molecule has 2 aromatic carbocycles. The number of rotatable bonds is 4. The number of halogens is 1. The molecule has 3 rings (SSSR count). The van der Waals surface area contributed by atoms with E-state index in [-0.39, 0.29) is 5.82 Å². The summed E-state index contributed by atoms with van der Waals surface area (Å²) in [6.07, 6.45) is 7.81. The van der Waals surface area contributed by atoms with E-state index in [1.54, 1.807) is 12.1 Å². The van der Waals surface area contributed by atoms with Gasteiger partial charge in [0.1, 0.15) is 5.82 Å². The van der Waals surface area contributed by atoms with E-state index in [2.05, 4.69) is 37.3 Å². The van der Waals surface area contributed by atoms with Crippen molar-refractivity contribution in [1.29, 1.82) is 0 Å². The molecule has 1 heteroatoms. The van der Waals surface area contributed by atoms with Gasteiger partial charge in [0, 0.05) is 0 Å². The van der Waals surface area contributed by atoms with E-state index in [0.29, 0.717) is 0 Å². The molecule has 0 heterocycles. The van der Waals surface area contributed by atoms with Crippen LogP contribution in [0.2, 0.25) is 0 Å². The van der Waals surface area contributed by atoms with Crippen LogP contribution >= 0.6 is 0 Å². The lowest BCUT2D eigenvalue weighted by molar-refractivity contribution is 0.626. The van der Waals surface area contributed by atoms with E-state index >= 15 is 0 Å². The zero-order chi connectivity index (χ0) is 14.7. The predicted octanol–water partition coefficient (Wildman–Crippen LogP) is 5.66. The van der Waals surface area contributed by atoms with Gasteiger partial charge in [0.2, 0.25) is 0 Å². The molecule has 21 heavy (non-hydrogen) atoms. The van der Waals surface area contributed by atoms with Gasteiger partial charge < -0.3 is 0 Å². The fourth-order valence-electron chi connectivity index (χ4n) is 2.95. The predicted molar refractivity (Wildman–Crippen MR) is 87.6 cm³/mol. The van der Waals surface area contributed by atoms with Crippen molar-refractivity contribution in [3.63, 3.8) is 0 Å². The molecule has 2 aromatic rings. The lowest BCUT2D eigenvalue weighted by atomic mass is 9.88. The Morgan fingerprint density at radius 3 is 2.57 bits per heavy atom. The van der Waals surface area contributed by atoms with Gasteiger partial charge in [0.15, 0.2) is 0 Å². The van der Waals surface area contributed by atoms with E-state index in [4.69, 9.17) is 0 Å². The first-order valence-corrected chi connectivity index (χ1v) is 7.84. The second-order valence-electron chi connectivity index (χ2n) is 5.81. The van der Waals surface area contributed by atoms with Gasteiger partial charge in [-0.3, -0.25) is 0 Å². The first-order chi connectivity index (χ1) is 10.3. The van der Waals surface area contributed by atoms with Crippen molar-refractivity contribution in [2.24, 2.45) is 0 Å². The Kier molecular flexibility index (Phi) is 4.19. The number of allylic oxidation sites excluding steroid dienone is 1. The molecule has 0 saturated carbocycles. The van der Waals surface area contributed by atoms with Crippen LogP contribution in [0.25, 0.3) is 11.6 Å². The molecule has 0 atom stereocenters. The van der Waals surface area contributed by atoms with Crippen molar-refractivity contribution in [2.45, 2.75) is 39.0 Å². The molecule has 0 N–H and O–H groups in total.